The first kappa shape index (κ1) is 17.7. The van der Waals surface area contributed by atoms with Gasteiger partial charge >= 0.3 is 6.18 Å². The Bertz CT molecular complexity index is 712. The van der Waals surface area contributed by atoms with Gasteiger partial charge in [-0.2, -0.15) is 13.2 Å². The minimum Gasteiger partial charge on any atom is -0.330 e. The molecule has 24 heavy (non-hydrogen) atoms. The highest BCUT2D eigenvalue weighted by molar-refractivity contribution is 5.93. The molecule has 0 aliphatic carbocycles. The number of alkyl halides is 3. The molecule has 0 N–H and O–H groups in total. The summed E-state index contributed by atoms with van der Waals surface area (Å²) < 4.78 is 37.5. The molecular weight excluding hydrogens is 319 g/mol. The van der Waals surface area contributed by atoms with Crippen LogP contribution < -0.4 is 0 Å². The molecule has 0 fully saturated rings. The number of aromatic nitrogens is 2. The van der Waals surface area contributed by atoms with Gasteiger partial charge in [0.2, 0.25) is 5.82 Å². The predicted molar refractivity (Wildman–Crippen MR) is 83.0 cm³/mol. The van der Waals surface area contributed by atoms with Crippen molar-refractivity contribution in [3.8, 4) is 0 Å². The lowest BCUT2D eigenvalue weighted by Crippen LogP contribution is -2.32. The third-order valence-corrected chi connectivity index (χ3v) is 3.12. The number of amides is 1. The Morgan fingerprint density at radius 3 is 2.25 bits per heavy atom. The molecule has 7 heteroatoms. The molecule has 0 aliphatic heterocycles. The number of carbonyl (C=O) groups is 1. The third-order valence-electron chi connectivity index (χ3n) is 3.12. The summed E-state index contributed by atoms with van der Waals surface area (Å²) in [5.41, 5.74) is 1.66. The van der Waals surface area contributed by atoms with Gasteiger partial charge in [-0.3, -0.25) is 4.79 Å². The van der Waals surface area contributed by atoms with E-state index < -0.39 is 17.9 Å². The van der Waals surface area contributed by atoms with Gasteiger partial charge < -0.3 is 4.90 Å². The summed E-state index contributed by atoms with van der Waals surface area (Å²) in [7, 11) is 0. The first-order chi connectivity index (χ1) is 11.3. The van der Waals surface area contributed by atoms with Crippen LogP contribution in [0.4, 0.5) is 13.2 Å². The van der Waals surface area contributed by atoms with Crippen molar-refractivity contribution in [2.45, 2.75) is 19.6 Å². The average Bonchev–Trinajstić information content (AvgIpc) is 2.53. The molecule has 1 amide bonds. The fraction of sp³-hybridized carbons (Fsp3) is 0.235. The number of benzene rings is 1. The highest BCUT2D eigenvalue weighted by Gasteiger charge is 2.34. The van der Waals surface area contributed by atoms with E-state index in [1.54, 1.807) is 6.92 Å². The molecule has 0 unspecified atom stereocenters. The lowest BCUT2D eigenvalue weighted by atomic mass is 10.1. The van der Waals surface area contributed by atoms with E-state index in [9.17, 15) is 18.0 Å². The van der Waals surface area contributed by atoms with E-state index in [2.05, 4.69) is 16.5 Å². The number of carbonyl (C=O) groups excluding carboxylic acids is 1. The number of nitrogens with zero attached hydrogens (tertiary/aromatic N) is 3. The number of hydrogen-bond donors (Lipinski definition) is 0. The zero-order valence-corrected chi connectivity index (χ0v) is 13.0. The Hall–Kier alpha value is -2.70. The summed E-state index contributed by atoms with van der Waals surface area (Å²) in [5.74, 6) is -1.72. The summed E-state index contributed by atoms with van der Waals surface area (Å²) in [6.07, 6.45) is -2.84. The van der Waals surface area contributed by atoms with E-state index in [4.69, 9.17) is 0 Å². The van der Waals surface area contributed by atoms with Crippen molar-refractivity contribution in [1.82, 2.24) is 14.9 Å². The van der Waals surface area contributed by atoms with Gasteiger partial charge in [0.1, 0.15) is 0 Å². The van der Waals surface area contributed by atoms with E-state index in [1.165, 1.54) is 4.90 Å². The normalized spacial score (nSPS) is 11.2. The van der Waals surface area contributed by atoms with Crippen LogP contribution in [0.15, 0.2) is 54.9 Å². The third kappa shape index (κ3) is 4.65. The van der Waals surface area contributed by atoms with Crippen LogP contribution in [0.5, 0.6) is 0 Å². The van der Waals surface area contributed by atoms with Crippen LogP contribution in [0.1, 0.15) is 28.7 Å². The van der Waals surface area contributed by atoms with Crippen LogP contribution in [0.2, 0.25) is 0 Å². The zero-order valence-electron chi connectivity index (χ0n) is 13.0. The molecule has 0 bridgehead atoms. The van der Waals surface area contributed by atoms with Gasteiger partial charge in [0, 0.05) is 25.5 Å². The molecule has 1 aromatic carbocycles. The molecular formula is C17H16F3N3O. The quantitative estimate of drug-likeness (QED) is 0.783. The van der Waals surface area contributed by atoms with Gasteiger partial charge in [0.05, 0.1) is 5.56 Å². The van der Waals surface area contributed by atoms with Crippen LogP contribution in [-0.4, -0.2) is 27.3 Å². The standard InChI is InChI=1S/C17H16F3N3O/c1-12(2)10-23(11-13-6-4-3-5-7-13)15(24)14-8-21-16(22-9-14)17(18,19)20/h3-9H,1,10-11H2,2H3. The first-order valence-corrected chi connectivity index (χ1v) is 7.14. The Kier molecular flexibility index (Phi) is 5.33. The van der Waals surface area contributed by atoms with Crippen LogP contribution in [-0.2, 0) is 12.7 Å². The van der Waals surface area contributed by atoms with E-state index in [1.807, 2.05) is 30.3 Å². The minimum absolute atomic E-state index is 0.000168. The molecule has 0 radical (unpaired) electrons. The van der Waals surface area contributed by atoms with Crippen molar-refractivity contribution in [3.05, 3.63) is 71.8 Å². The second-order valence-corrected chi connectivity index (χ2v) is 5.40. The Morgan fingerprint density at radius 1 is 1.17 bits per heavy atom. The molecule has 1 heterocycles. The van der Waals surface area contributed by atoms with Crippen molar-refractivity contribution < 1.29 is 18.0 Å². The van der Waals surface area contributed by atoms with E-state index in [0.29, 0.717) is 6.54 Å². The van der Waals surface area contributed by atoms with Crippen molar-refractivity contribution in [2.24, 2.45) is 0 Å². The molecule has 0 spiro atoms. The van der Waals surface area contributed by atoms with Crippen LogP contribution in [0.25, 0.3) is 0 Å². The van der Waals surface area contributed by atoms with E-state index >= 15 is 0 Å². The van der Waals surface area contributed by atoms with Gasteiger partial charge in [-0.15, -0.1) is 0 Å². The average molecular weight is 335 g/mol. The number of halogens is 3. The van der Waals surface area contributed by atoms with Gasteiger partial charge in [0.15, 0.2) is 0 Å². The summed E-state index contributed by atoms with van der Waals surface area (Å²) in [6.45, 7) is 6.16. The molecule has 0 saturated heterocycles. The topological polar surface area (TPSA) is 46.1 Å². The molecule has 0 aliphatic rings. The van der Waals surface area contributed by atoms with E-state index in [0.717, 1.165) is 23.5 Å². The SMILES string of the molecule is C=C(C)CN(Cc1ccccc1)C(=O)c1cnc(C(F)(F)F)nc1. The monoisotopic (exact) mass is 335 g/mol. The van der Waals surface area contributed by atoms with Crippen LogP contribution >= 0.6 is 0 Å². The number of rotatable bonds is 5. The van der Waals surface area contributed by atoms with Crippen LogP contribution in [0, 0.1) is 0 Å². The van der Waals surface area contributed by atoms with Crippen LogP contribution in [0.3, 0.4) is 0 Å². The lowest BCUT2D eigenvalue weighted by Gasteiger charge is -2.23. The maximum absolute atomic E-state index is 12.6. The summed E-state index contributed by atoms with van der Waals surface area (Å²) in [4.78, 5) is 20.5. The van der Waals surface area contributed by atoms with Gasteiger partial charge in [-0.1, -0.05) is 42.5 Å². The molecule has 0 saturated carbocycles. The Balaban J connectivity index is 2.22. The second-order valence-electron chi connectivity index (χ2n) is 5.40. The van der Waals surface area contributed by atoms with Gasteiger partial charge in [-0.25, -0.2) is 9.97 Å². The fourth-order valence-corrected chi connectivity index (χ4v) is 2.10. The van der Waals surface area contributed by atoms with Crippen molar-refractivity contribution >= 4 is 5.91 Å². The largest absolute Gasteiger partial charge is 0.451 e. The van der Waals surface area contributed by atoms with E-state index in [-0.39, 0.29) is 12.1 Å². The molecule has 2 rings (SSSR count). The second kappa shape index (κ2) is 7.25. The molecule has 1 aromatic heterocycles. The molecule has 0 atom stereocenters. The lowest BCUT2D eigenvalue weighted by molar-refractivity contribution is -0.145. The van der Waals surface area contributed by atoms with Gasteiger partial charge in [0.25, 0.3) is 5.91 Å². The Labute approximate surface area is 137 Å². The number of hydrogen-bond acceptors (Lipinski definition) is 3. The minimum atomic E-state index is -4.64. The summed E-state index contributed by atoms with van der Waals surface area (Å²) >= 11 is 0. The molecule has 2 aromatic rings. The fourth-order valence-electron chi connectivity index (χ4n) is 2.10. The molecule has 4 nitrogen and oxygen atoms in total. The van der Waals surface area contributed by atoms with Gasteiger partial charge in [-0.05, 0) is 12.5 Å². The maximum Gasteiger partial charge on any atom is 0.451 e. The smallest absolute Gasteiger partial charge is 0.330 e. The Morgan fingerprint density at radius 2 is 1.75 bits per heavy atom. The summed E-state index contributed by atoms with van der Waals surface area (Å²) in [5, 5.41) is 0. The highest BCUT2D eigenvalue weighted by atomic mass is 19.4. The van der Waals surface area contributed by atoms with Crippen molar-refractivity contribution in [1.29, 1.82) is 0 Å². The van der Waals surface area contributed by atoms with Crippen molar-refractivity contribution in [2.75, 3.05) is 6.54 Å². The first-order valence-electron chi connectivity index (χ1n) is 7.14. The highest BCUT2D eigenvalue weighted by Crippen LogP contribution is 2.25. The maximum atomic E-state index is 12.6. The van der Waals surface area contributed by atoms with Crippen molar-refractivity contribution in [3.63, 3.8) is 0 Å². The summed E-state index contributed by atoms with van der Waals surface area (Å²) in [6, 6.07) is 9.28. The zero-order chi connectivity index (χ0) is 17.7. The predicted octanol–water partition coefficient (Wildman–Crippen LogP) is 3.71. The molecule has 126 valence electrons.